The first-order valence-electron chi connectivity index (χ1n) is 7.83. The SMILES string of the molecule is CC(C)NC(=O)N1C2CCC1CN(Cc1cccnc1)C2. The summed E-state index contributed by atoms with van der Waals surface area (Å²) in [5.41, 5.74) is 1.25. The van der Waals surface area contributed by atoms with Crippen LogP contribution in [0.1, 0.15) is 32.3 Å². The number of fused-ring (bicyclic) bond motifs is 2. The summed E-state index contributed by atoms with van der Waals surface area (Å²) in [4.78, 5) is 21.0. The standard InChI is InChI=1S/C16H24N4O/c1-12(2)18-16(21)20-14-5-6-15(20)11-19(10-14)9-13-4-3-7-17-8-13/h3-4,7-8,12,14-15H,5-6,9-11H2,1-2H3,(H,18,21). The molecule has 0 aromatic carbocycles. The van der Waals surface area contributed by atoms with Gasteiger partial charge in [-0.2, -0.15) is 0 Å². The van der Waals surface area contributed by atoms with Crippen LogP contribution in [0.15, 0.2) is 24.5 Å². The van der Waals surface area contributed by atoms with Gasteiger partial charge in [0.05, 0.1) is 0 Å². The van der Waals surface area contributed by atoms with E-state index >= 15 is 0 Å². The number of nitrogens with zero attached hydrogens (tertiary/aromatic N) is 3. The first-order chi connectivity index (χ1) is 10.1. The number of rotatable bonds is 3. The molecule has 2 aliphatic rings. The zero-order valence-corrected chi connectivity index (χ0v) is 12.8. The van der Waals surface area contributed by atoms with Crippen LogP contribution in [0, 0.1) is 0 Å². The van der Waals surface area contributed by atoms with Crippen LogP contribution in [0.5, 0.6) is 0 Å². The average Bonchev–Trinajstić information content (AvgIpc) is 2.71. The summed E-state index contributed by atoms with van der Waals surface area (Å²) in [5.74, 6) is 0. The molecule has 1 aromatic heterocycles. The van der Waals surface area contributed by atoms with E-state index in [1.807, 2.05) is 26.1 Å². The Morgan fingerprint density at radius 2 is 2.10 bits per heavy atom. The maximum Gasteiger partial charge on any atom is 0.318 e. The number of nitrogens with one attached hydrogen (secondary N) is 1. The topological polar surface area (TPSA) is 48.5 Å². The number of urea groups is 1. The highest BCUT2D eigenvalue weighted by Crippen LogP contribution is 2.30. The van der Waals surface area contributed by atoms with Crippen LogP contribution >= 0.6 is 0 Å². The van der Waals surface area contributed by atoms with Crippen LogP contribution in [0.4, 0.5) is 4.79 Å². The Hall–Kier alpha value is -1.62. The second-order valence-electron chi connectivity index (χ2n) is 6.45. The molecule has 0 spiro atoms. The first kappa shape index (κ1) is 14.3. The van der Waals surface area contributed by atoms with Gasteiger partial charge >= 0.3 is 6.03 Å². The van der Waals surface area contributed by atoms with E-state index in [0.717, 1.165) is 32.5 Å². The normalized spacial score (nSPS) is 25.4. The van der Waals surface area contributed by atoms with Gasteiger partial charge in [-0.15, -0.1) is 0 Å². The lowest BCUT2D eigenvalue weighted by Crippen LogP contribution is -2.58. The van der Waals surface area contributed by atoms with Crippen molar-refractivity contribution in [1.29, 1.82) is 0 Å². The molecule has 0 radical (unpaired) electrons. The van der Waals surface area contributed by atoms with E-state index < -0.39 is 0 Å². The van der Waals surface area contributed by atoms with Gasteiger partial charge in [-0.1, -0.05) is 6.07 Å². The van der Waals surface area contributed by atoms with Crippen molar-refractivity contribution in [2.75, 3.05) is 13.1 Å². The predicted molar refractivity (Wildman–Crippen MR) is 81.8 cm³/mol. The monoisotopic (exact) mass is 288 g/mol. The molecule has 2 saturated heterocycles. The molecule has 5 heteroatoms. The second kappa shape index (κ2) is 6.02. The number of hydrogen-bond acceptors (Lipinski definition) is 3. The van der Waals surface area contributed by atoms with Gasteiger partial charge in [0.2, 0.25) is 0 Å². The van der Waals surface area contributed by atoms with Crippen molar-refractivity contribution in [3.05, 3.63) is 30.1 Å². The number of carbonyl (C=O) groups is 1. The number of carbonyl (C=O) groups excluding carboxylic acids is 1. The van der Waals surface area contributed by atoms with E-state index in [-0.39, 0.29) is 12.1 Å². The van der Waals surface area contributed by atoms with E-state index in [0.29, 0.717) is 12.1 Å². The Bertz CT molecular complexity index is 476. The van der Waals surface area contributed by atoms with Crippen molar-refractivity contribution in [3.63, 3.8) is 0 Å². The molecule has 0 saturated carbocycles. The van der Waals surface area contributed by atoms with Gasteiger partial charge in [0.25, 0.3) is 0 Å². The van der Waals surface area contributed by atoms with Gasteiger partial charge < -0.3 is 10.2 Å². The zero-order chi connectivity index (χ0) is 14.8. The van der Waals surface area contributed by atoms with Crippen molar-refractivity contribution >= 4 is 6.03 Å². The Labute approximate surface area is 126 Å². The van der Waals surface area contributed by atoms with Gasteiger partial charge in [-0.05, 0) is 38.3 Å². The van der Waals surface area contributed by atoms with E-state index in [2.05, 4.69) is 26.2 Å². The fraction of sp³-hybridized carbons (Fsp3) is 0.625. The number of likely N-dealkylation sites (tertiary alicyclic amines) is 1. The Morgan fingerprint density at radius 3 is 2.67 bits per heavy atom. The van der Waals surface area contributed by atoms with Gasteiger partial charge in [0.15, 0.2) is 0 Å². The smallest absolute Gasteiger partial charge is 0.318 e. The summed E-state index contributed by atoms with van der Waals surface area (Å²) < 4.78 is 0. The lowest BCUT2D eigenvalue weighted by Gasteiger charge is -2.41. The van der Waals surface area contributed by atoms with E-state index in [9.17, 15) is 4.79 Å². The number of aromatic nitrogens is 1. The molecule has 21 heavy (non-hydrogen) atoms. The Kier molecular flexibility index (Phi) is 4.10. The minimum Gasteiger partial charge on any atom is -0.336 e. The molecule has 1 N–H and O–H groups in total. The van der Waals surface area contributed by atoms with Gasteiger partial charge in [-0.25, -0.2) is 4.79 Å². The first-order valence-corrected chi connectivity index (χ1v) is 7.83. The largest absolute Gasteiger partial charge is 0.336 e. The third-order valence-corrected chi connectivity index (χ3v) is 4.33. The maximum absolute atomic E-state index is 12.3. The molecular formula is C16H24N4O. The maximum atomic E-state index is 12.3. The van der Waals surface area contributed by atoms with E-state index in [1.165, 1.54) is 5.56 Å². The molecule has 2 unspecified atom stereocenters. The second-order valence-corrected chi connectivity index (χ2v) is 6.45. The van der Waals surface area contributed by atoms with Crippen LogP contribution in [0.2, 0.25) is 0 Å². The molecule has 3 rings (SSSR count). The van der Waals surface area contributed by atoms with Crippen LogP contribution < -0.4 is 5.32 Å². The fourth-order valence-corrected chi connectivity index (χ4v) is 3.52. The number of amides is 2. The summed E-state index contributed by atoms with van der Waals surface area (Å²) >= 11 is 0. The highest BCUT2D eigenvalue weighted by molar-refractivity contribution is 5.75. The fourth-order valence-electron chi connectivity index (χ4n) is 3.52. The third kappa shape index (κ3) is 3.18. The highest BCUT2D eigenvalue weighted by atomic mass is 16.2. The van der Waals surface area contributed by atoms with Crippen LogP contribution in [-0.2, 0) is 6.54 Å². The minimum absolute atomic E-state index is 0.110. The summed E-state index contributed by atoms with van der Waals surface area (Å²) in [5, 5.41) is 3.04. The quantitative estimate of drug-likeness (QED) is 0.923. The van der Waals surface area contributed by atoms with E-state index in [4.69, 9.17) is 0 Å². The predicted octanol–water partition coefficient (Wildman–Crippen LogP) is 1.85. The molecule has 3 heterocycles. The molecule has 0 aliphatic carbocycles. The van der Waals surface area contributed by atoms with Crippen LogP contribution in [-0.4, -0.2) is 52.0 Å². The number of pyridine rings is 1. The zero-order valence-electron chi connectivity index (χ0n) is 12.8. The molecule has 2 aliphatic heterocycles. The van der Waals surface area contributed by atoms with Crippen molar-refractivity contribution in [3.8, 4) is 0 Å². The third-order valence-electron chi connectivity index (χ3n) is 4.33. The average molecular weight is 288 g/mol. The van der Waals surface area contributed by atoms with Gasteiger partial charge in [0, 0.05) is 50.2 Å². The van der Waals surface area contributed by atoms with Crippen molar-refractivity contribution in [2.45, 2.75) is 51.4 Å². The summed E-state index contributed by atoms with van der Waals surface area (Å²) in [6.07, 6.45) is 5.99. The van der Waals surface area contributed by atoms with E-state index in [1.54, 1.807) is 6.20 Å². The van der Waals surface area contributed by atoms with Gasteiger partial charge in [-0.3, -0.25) is 9.88 Å². The Balaban J connectivity index is 1.62. The van der Waals surface area contributed by atoms with Crippen LogP contribution in [0.3, 0.4) is 0 Å². The van der Waals surface area contributed by atoms with Crippen molar-refractivity contribution in [2.24, 2.45) is 0 Å². The molecule has 114 valence electrons. The number of hydrogen-bond donors (Lipinski definition) is 1. The van der Waals surface area contributed by atoms with Crippen LogP contribution in [0.25, 0.3) is 0 Å². The molecule has 5 nitrogen and oxygen atoms in total. The lowest BCUT2D eigenvalue weighted by molar-refractivity contribution is 0.0831. The molecule has 2 fully saturated rings. The van der Waals surface area contributed by atoms with Crippen molar-refractivity contribution < 1.29 is 4.79 Å². The molecule has 1 aromatic rings. The molecule has 2 bridgehead atoms. The summed E-state index contributed by atoms with van der Waals surface area (Å²) in [6, 6.07) is 5.13. The molecular weight excluding hydrogens is 264 g/mol. The molecule has 2 amide bonds. The Morgan fingerprint density at radius 1 is 1.38 bits per heavy atom. The summed E-state index contributed by atoms with van der Waals surface area (Å²) in [6.45, 7) is 6.89. The highest BCUT2D eigenvalue weighted by Gasteiger charge is 2.42. The van der Waals surface area contributed by atoms with Gasteiger partial charge in [0.1, 0.15) is 0 Å². The molecule has 2 atom stereocenters. The lowest BCUT2D eigenvalue weighted by atomic mass is 10.1. The van der Waals surface area contributed by atoms with Crippen molar-refractivity contribution in [1.82, 2.24) is 20.1 Å². The number of piperazine rings is 1. The summed E-state index contributed by atoms with van der Waals surface area (Å²) in [7, 11) is 0. The minimum atomic E-state index is 0.110.